The van der Waals surface area contributed by atoms with Crippen LogP contribution < -0.4 is 16.1 Å². The van der Waals surface area contributed by atoms with E-state index >= 15 is 0 Å². The lowest BCUT2D eigenvalue weighted by atomic mass is 10.1. The number of amides is 3. The highest BCUT2D eigenvalue weighted by Crippen LogP contribution is 2.15. The minimum Gasteiger partial charge on any atom is -0.480 e. The van der Waals surface area contributed by atoms with Crippen LogP contribution in [0.15, 0.2) is 29.4 Å². The number of carboxylic acids is 1. The molecule has 0 radical (unpaired) electrons. The van der Waals surface area contributed by atoms with E-state index in [9.17, 15) is 14.4 Å². The SMILES string of the molecule is CC(C)(C)OC(=NNC=O)c1ccc(NC(=O)NCC(=O)O)cc1. The van der Waals surface area contributed by atoms with E-state index in [-0.39, 0.29) is 5.90 Å². The third-order valence-corrected chi connectivity index (χ3v) is 2.41. The second-order valence-corrected chi connectivity index (χ2v) is 5.66. The minimum atomic E-state index is -1.14. The van der Waals surface area contributed by atoms with Crippen LogP contribution in [0, 0.1) is 0 Å². The Morgan fingerprint density at radius 2 is 1.88 bits per heavy atom. The lowest BCUT2D eigenvalue weighted by molar-refractivity contribution is -0.135. The van der Waals surface area contributed by atoms with Crippen molar-refractivity contribution in [2.75, 3.05) is 11.9 Å². The Bertz CT molecular complexity index is 620. The van der Waals surface area contributed by atoms with E-state index in [0.29, 0.717) is 17.7 Å². The van der Waals surface area contributed by atoms with Crippen molar-refractivity contribution in [3.8, 4) is 0 Å². The molecule has 0 saturated heterocycles. The van der Waals surface area contributed by atoms with Gasteiger partial charge in [-0.25, -0.2) is 10.2 Å². The number of nitrogens with one attached hydrogen (secondary N) is 3. The Morgan fingerprint density at radius 3 is 2.38 bits per heavy atom. The van der Waals surface area contributed by atoms with Crippen LogP contribution >= 0.6 is 0 Å². The molecule has 24 heavy (non-hydrogen) atoms. The van der Waals surface area contributed by atoms with Crippen LogP contribution in [0.5, 0.6) is 0 Å². The zero-order valence-corrected chi connectivity index (χ0v) is 13.6. The third kappa shape index (κ3) is 7.25. The van der Waals surface area contributed by atoms with Crippen LogP contribution in [0.2, 0.25) is 0 Å². The number of urea groups is 1. The molecule has 1 aromatic carbocycles. The van der Waals surface area contributed by atoms with Crippen LogP contribution in [0.25, 0.3) is 0 Å². The first-order valence-corrected chi connectivity index (χ1v) is 7.04. The van der Waals surface area contributed by atoms with E-state index in [2.05, 4.69) is 21.2 Å². The van der Waals surface area contributed by atoms with Crippen molar-refractivity contribution in [2.24, 2.45) is 5.10 Å². The van der Waals surface area contributed by atoms with Gasteiger partial charge in [0.25, 0.3) is 0 Å². The average molecular weight is 336 g/mol. The number of hydrogen-bond donors (Lipinski definition) is 4. The highest BCUT2D eigenvalue weighted by Gasteiger charge is 2.17. The van der Waals surface area contributed by atoms with Gasteiger partial charge in [0.2, 0.25) is 12.3 Å². The van der Waals surface area contributed by atoms with Crippen molar-refractivity contribution in [1.82, 2.24) is 10.7 Å². The minimum absolute atomic E-state index is 0.219. The Hall–Kier alpha value is -3.10. The maximum Gasteiger partial charge on any atom is 0.323 e. The molecule has 1 rings (SSSR count). The molecule has 0 spiro atoms. The molecule has 0 atom stereocenters. The Balaban J connectivity index is 2.81. The number of hydrogen-bond acceptors (Lipinski definition) is 5. The first kappa shape index (κ1) is 18.9. The number of carbonyl (C=O) groups excluding carboxylic acids is 2. The summed E-state index contributed by atoms with van der Waals surface area (Å²) in [5, 5.41) is 17.0. The molecule has 0 bridgehead atoms. The number of rotatable bonds is 6. The van der Waals surface area contributed by atoms with Crippen LogP contribution in [0.4, 0.5) is 10.5 Å². The number of ether oxygens (including phenoxy) is 1. The molecular weight excluding hydrogens is 316 g/mol. The van der Waals surface area contributed by atoms with E-state index in [1.165, 1.54) is 0 Å². The second-order valence-electron chi connectivity index (χ2n) is 5.66. The van der Waals surface area contributed by atoms with Crippen LogP contribution in [-0.4, -0.2) is 41.6 Å². The first-order chi connectivity index (χ1) is 11.2. The summed E-state index contributed by atoms with van der Waals surface area (Å²) in [5.74, 6) is -0.917. The van der Waals surface area contributed by atoms with Gasteiger partial charge in [0, 0.05) is 11.3 Å². The maximum atomic E-state index is 11.5. The molecule has 0 heterocycles. The molecule has 0 aliphatic heterocycles. The van der Waals surface area contributed by atoms with Gasteiger partial charge < -0.3 is 20.5 Å². The molecule has 0 aliphatic rings. The maximum absolute atomic E-state index is 11.5. The van der Waals surface area contributed by atoms with E-state index in [0.717, 1.165) is 0 Å². The molecular formula is C15H20N4O5. The van der Waals surface area contributed by atoms with Crippen molar-refractivity contribution in [3.05, 3.63) is 29.8 Å². The smallest absolute Gasteiger partial charge is 0.323 e. The number of benzene rings is 1. The van der Waals surface area contributed by atoms with Gasteiger partial charge in [0.05, 0.1) is 0 Å². The summed E-state index contributed by atoms with van der Waals surface area (Å²) in [5.41, 5.74) is 2.73. The normalized spacial score (nSPS) is 11.4. The van der Waals surface area contributed by atoms with Crippen molar-refractivity contribution in [2.45, 2.75) is 26.4 Å². The van der Waals surface area contributed by atoms with Gasteiger partial charge in [-0.15, -0.1) is 5.10 Å². The van der Waals surface area contributed by atoms with Crippen LogP contribution in [0.3, 0.4) is 0 Å². The van der Waals surface area contributed by atoms with Crippen molar-refractivity contribution in [1.29, 1.82) is 0 Å². The molecule has 0 saturated carbocycles. The number of hydrazone groups is 1. The first-order valence-electron chi connectivity index (χ1n) is 7.04. The number of carboxylic acid groups (broad SMARTS) is 1. The summed E-state index contributed by atoms with van der Waals surface area (Å²) < 4.78 is 5.68. The fourth-order valence-electron chi connectivity index (χ4n) is 1.55. The lowest BCUT2D eigenvalue weighted by Crippen LogP contribution is -2.33. The van der Waals surface area contributed by atoms with Gasteiger partial charge in [-0.05, 0) is 45.0 Å². The van der Waals surface area contributed by atoms with E-state index in [1.54, 1.807) is 24.3 Å². The molecule has 9 heteroatoms. The lowest BCUT2D eigenvalue weighted by Gasteiger charge is -2.22. The molecule has 0 aromatic heterocycles. The predicted octanol–water partition coefficient (Wildman–Crippen LogP) is 1.12. The number of carbonyl (C=O) groups is 3. The Morgan fingerprint density at radius 1 is 1.25 bits per heavy atom. The zero-order valence-electron chi connectivity index (χ0n) is 13.6. The molecule has 3 amide bonds. The Labute approximate surface area is 139 Å². The van der Waals surface area contributed by atoms with E-state index < -0.39 is 24.1 Å². The summed E-state index contributed by atoms with van der Waals surface area (Å²) in [7, 11) is 0. The quantitative estimate of drug-likeness (QED) is 0.268. The van der Waals surface area contributed by atoms with E-state index in [4.69, 9.17) is 9.84 Å². The molecule has 0 unspecified atom stereocenters. The van der Waals surface area contributed by atoms with Gasteiger partial charge in [-0.3, -0.25) is 9.59 Å². The number of anilines is 1. The van der Waals surface area contributed by atoms with Crippen LogP contribution in [-0.2, 0) is 14.3 Å². The fourth-order valence-corrected chi connectivity index (χ4v) is 1.55. The summed E-state index contributed by atoms with van der Waals surface area (Å²) in [6.45, 7) is 5.04. The van der Waals surface area contributed by atoms with Crippen LogP contribution in [0.1, 0.15) is 26.3 Å². The fraction of sp³-hybridized carbons (Fsp3) is 0.333. The van der Waals surface area contributed by atoms with Crippen molar-refractivity contribution >= 4 is 30.0 Å². The highest BCUT2D eigenvalue weighted by atomic mass is 16.5. The summed E-state index contributed by atoms with van der Waals surface area (Å²) in [6.07, 6.45) is 0.425. The Kier molecular flexibility index (Phi) is 6.72. The van der Waals surface area contributed by atoms with Crippen molar-refractivity contribution < 1.29 is 24.2 Å². The monoisotopic (exact) mass is 336 g/mol. The largest absolute Gasteiger partial charge is 0.480 e. The molecule has 0 fully saturated rings. The zero-order chi connectivity index (χ0) is 18.2. The van der Waals surface area contributed by atoms with Gasteiger partial charge in [-0.1, -0.05) is 0 Å². The molecule has 0 aliphatic carbocycles. The van der Waals surface area contributed by atoms with Gasteiger partial charge >= 0.3 is 12.0 Å². The standard InChI is InChI=1S/C15H20N4O5/c1-15(2,3)24-13(19-17-9-20)10-4-6-11(7-5-10)18-14(23)16-8-12(21)22/h4-7,9H,8H2,1-3H3,(H,17,20)(H,21,22)(H2,16,18,23). The molecule has 1 aromatic rings. The highest BCUT2D eigenvalue weighted by molar-refractivity contribution is 5.96. The van der Waals surface area contributed by atoms with Gasteiger partial charge in [-0.2, -0.15) is 0 Å². The van der Waals surface area contributed by atoms with Gasteiger partial charge in [0.1, 0.15) is 12.1 Å². The molecule has 9 nitrogen and oxygen atoms in total. The predicted molar refractivity (Wildman–Crippen MR) is 87.7 cm³/mol. The molecule has 130 valence electrons. The molecule has 4 N–H and O–H groups in total. The summed E-state index contributed by atoms with van der Waals surface area (Å²) in [4.78, 5) is 32.3. The van der Waals surface area contributed by atoms with Crippen molar-refractivity contribution in [3.63, 3.8) is 0 Å². The number of aliphatic carboxylic acids is 1. The van der Waals surface area contributed by atoms with Gasteiger partial charge in [0.15, 0.2) is 0 Å². The topological polar surface area (TPSA) is 129 Å². The summed E-state index contributed by atoms with van der Waals surface area (Å²) >= 11 is 0. The summed E-state index contributed by atoms with van der Waals surface area (Å²) in [6, 6.07) is 5.84. The van der Waals surface area contributed by atoms with E-state index in [1.807, 2.05) is 20.8 Å². The number of nitrogens with zero attached hydrogens (tertiary/aromatic N) is 1. The average Bonchev–Trinajstić information content (AvgIpc) is 2.49. The third-order valence-electron chi connectivity index (χ3n) is 2.41. The second kappa shape index (κ2) is 8.51.